The molecular weight excluding hydrogens is 232 g/mol. The zero-order valence-electron chi connectivity index (χ0n) is 10.4. The molecule has 0 saturated carbocycles. The van der Waals surface area contributed by atoms with E-state index in [0.717, 1.165) is 22.3 Å². The summed E-state index contributed by atoms with van der Waals surface area (Å²) in [5.41, 5.74) is 6.08. The minimum Gasteiger partial charge on any atom is -0.392 e. The molecule has 2 aliphatic carbocycles. The molecule has 0 aromatic rings. The van der Waals surface area contributed by atoms with Gasteiger partial charge in [0, 0.05) is 0 Å². The van der Waals surface area contributed by atoms with Crippen molar-refractivity contribution >= 4 is 0 Å². The Kier molecular flexibility index (Phi) is 4.35. The highest BCUT2D eigenvalue weighted by Crippen LogP contribution is 2.40. The highest BCUT2D eigenvalue weighted by atomic mass is 16.3. The summed E-state index contributed by atoms with van der Waals surface area (Å²) in [6.45, 7) is -0.0647. The van der Waals surface area contributed by atoms with E-state index < -0.39 is 0 Å². The van der Waals surface area contributed by atoms with Gasteiger partial charge in [-0.2, -0.15) is 0 Å². The molecule has 4 N–H and O–H groups in total. The van der Waals surface area contributed by atoms with E-state index in [-0.39, 0.29) is 26.4 Å². The van der Waals surface area contributed by atoms with E-state index in [9.17, 15) is 20.4 Å². The number of aliphatic hydroxyl groups is 4. The van der Waals surface area contributed by atoms with E-state index in [1.54, 1.807) is 0 Å². The van der Waals surface area contributed by atoms with E-state index in [4.69, 9.17) is 0 Å². The molecule has 2 rings (SSSR count). The van der Waals surface area contributed by atoms with Gasteiger partial charge in [-0.05, 0) is 48.0 Å². The topological polar surface area (TPSA) is 80.9 Å². The van der Waals surface area contributed by atoms with Gasteiger partial charge < -0.3 is 20.4 Å². The Morgan fingerprint density at radius 1 is 0.500 bits per heavy atom. The van der Waals surface area contributed by atoms with Crippen LogP contribution in [0.2, 0.25) is 0 Å². The fourth-order valence-electron chi connectivity index (χ4n) is 2.83. The van der Waals surface area contributed by atoms with Gasteiger partial charge in [0.2, 0.25) is 0 Å². The molecule has 0 saturated heterocycles. The van der Waals surface area contributed by atoms with Crippen molar-refractivity contribution in [1.82, 2.24) is 0 Å². The molecule has 100 valence electrons. The minimum absolute atomic E-state index is 0.0162. The highest BCUT2D eigenvalue weighted by molar-refractivity contribution is 5.43. The van der Waals surface area contributed by atoms with E-state index in [2.05, 4.69) is 0 Å². The number of allylic oxidation sites excluding steroid dienone is 2. The largest absolute Gasteiger partial charge is 0.392 e. The first-order valence-electron chi connectivity index (χ1n) is 6.26. The van der Waals surface area contributed by atoms with Crippen LogP contribution in [0.4, 0.5) is 0 Å². The molecule has 0 unspecified atom stereocenters. The first kappa shape index (κ1) is 13.5. The van der Waals surface area contributed by atoms with Crippen molar-refractivity contribution in [2.24, 2.45) is 0 Å². The van der Waals surface area contributed by atoms with Crippen molar-refractivity contribution in [2.45, 2.75) is 25.7 Å². The van der Waals surface area contributed by atoms with E-state index >= 15 is 0 Å². The molecule has 0 bridgehead atoms. The first-order chi connectivity index (χ1) is 8.73. The summed E-state index contributed by atoms with van der Waals surface area (Å²) in [7, 11) is 0. The summed E-state index contributed by atoms with van der Waals surface area (Å²) in [5.74, 6) is 0. The molecular formula is C14H20O4. The second-order valence-electron chi connectivity index (χ2n) is 4.96. The van der Waals surface area contributed by atoms with Gasteiger partial charge in [0.05, 0.1) is 26.4 Å². The standard InChI is InChI=1S/C14H20O4/c15-5-11-1-9-2-13(7-17)14(8-18)4-10(9)3-12(11)6-16/h15-18H,1-8H2. The molecule has 0 spiro atoms. The van der Waals surface area contributed by atoms with Crippen LogP contribution in [0.25, 0.3) is 0 Å². The third-order valence-electron chi connectivity index (χ3n) is 3.97. The highest BCUT2D eigenvalue weighted by Gasteiger charge is 2.25. The molecule has 0 aliphatic heterocycles. The molecule has 4 heteroatoms. The van der Waals surface area contributed by atoms with Crippen LogP contribution in [-0.4, -0.2) is 46.9 Å². The van der Waals surface area contributed by atoms with Gasteiger partial charge in [-0.15, -0.1) is 0 Å². The smallest absolute Gasteiger partial charge is 0.0648 e. The molecule has 4 nitrogen and oxygen atoms in total. The van der Waals surface area contributed by atoms with Crippen LogP contribution in [0, 0.1) is 0 Å². The van der Waals surface area contributed by atoms with Gasteiger partial charge in [-0.1, -0.05) is 11.1 Å². The lowest BCUT2D eigenvalue weighted by molar-refractivity contribution is 0.298. The zero-order chi connectivity index (χ0) is 13.1. The van der Waals surface area contributed by atoms with E-state index in [0.29, 0.717) is 25.7 Å². The van der Waals surface area contributed by atoms with Gasteiger partial charge in [-0.25, -0.2) is 0 Å². The zero-order valence-corrected chi connectivity index (χ0v) is 10.4. The van der Waals surface area contributed by atoms with Crippen molar-refractivity contribution < 1.29 is 20.4 Å². The quantitative estimate of drug-likeness (QED) is 0.547. The van der Waals surface area contributed by atoms with Crippen LogP contribution in [0.1, 0.15) is 25.7 Å². The second-order valence-corrected chi connectivity index (χ2v) is 4.96. The summed E-state index contributed by atoms with van der Waals surface area (Å²) >= 11 is 0. The Hall–Kier alpha value is -0.940. The maximum absolute atomic E-state index is 9.31. The minimum atomic E-state index is -0.0162. The lowest BCUT2D eigenvalue weighted by Gasteiger charge is -2.30. The van der Waals surface area contributed by atoms with Crippen LogP contribution < -0.4 is 0 Å². The molecule has 0 atom stereocenters. The molecule has 0 heterocycles. The number of hydrogen-bond donors (Lipinski definition) is 4. The molecule has 0 aromatic carbocycles. The summed E-state index contributed by atoms with van der Waals surface area (Å²) in [6, 6.07) is 0. The summed E-state index contributed by atoms with van der Waals surface area (Å²) < 4.78 is 0. The van der Waals surface area contributed by atoms with E-state index in [1.165, 1.54) is 11.1 Å². The van der Waals surface area contributed by atoms with Crippen LogP contribution in [0.15, 0.2) is 33.4 Å². The average Bonchev–Trinajstić information content (AvgIpc) is 2.43. The van der Waals surface area contributed by atoms with Gasteiger partial charge in [0.1, 0.15) is 0 Å². The van der Waals surface area contributed by atoms with Crippen LogP contribution >= 0.6 is 0 Å². The third kappa shape index (κ3) is 2.42. The van der Waals surface area contributed by atoms with Crippen molar-refractivity contribution in [2.75, 3.05) is 26.4 Å². The predicted molar refractivity (Wildman–Crippen MR) is 67.9 cm³/mol. The van der Waals surface area contributed by atoms with E-state index in [1.807, 2.05) is 0 Å². The Balaban J connectivity index is 2.20. The van der Waals surface area contributed by atoms with Crippen LogP contribution in [0.3, 0.4) is 0 Å². The first-order valence-corrected chi connectivity index (χ1v) is 6.26. The number of aliphatic hydroxyl groups excluding tert-OH is 4. The molecule has 18 heavy (non-hydrogen) atoms. The van der Waals surface area contributed by atoms with Gasteiger partial charge in [0.15, 0.2) is 0 Å². The molecule has 0 amide bonds. The predicted octanol–water partition coefficient (Wildman–Crippen LogP) is 0.433. The SMILES string of the molecule is OCC1=C(CO)CC2=C(C1)CC(CO)=C(CO)C2. The maximum atomic E-state index is 9.31. The van der Waals surface area contributed by atoms with Gasteiger partial charge in [-0.3, -0.25) is 0 Å². The van der Waals surface area contributed by atoms with Crippen molar-refractivity contribution in [3.05, 3.63) is 33.4 Å². The monoisotopic (exact) mass is 252 g/mol. The Morgan fingerprint density at radius 2 is 0.722 bits per heavy atom. The average molecular weight is 252 g/mol. The van der Waals surface area contributed by atoms with Crippen LogP contribution in [-0.2, 0) is 0 Å². The number of hydrogen-bond acceptors (Lipinski definition) is 4. The Labute approximate surface area is 107 Å². The summed E-state index contributed by atoms with van der Waals surface area (Å²) in [5, 5.41) is 37.2. The Morgan fingerprint density at radius 3 is 0.889 bits per heavy atom. The lowest BCUT2D eigenvalue weighted by Crippen LogP contribution is -2.17. The number of rotatable bonds is 4. The van der Waals surface area contributed by atoms with Crippen LogP contribution in [0.5, 0.6) is 0 Å². The lowest BCUT2D eigenvalue weighted by atomic mass is 9.77. The summed E-state index contributed by atoms with van der Waals surface area (Å²) in [6.07, 6.45) is 2.74. The third-order valence-corrected chi connectivity index (χ3v) is 3.97. The molecule has 0 aromatic heterocycles. The molecule has 2 aliphatic rings. The fraction of sp³-hybridized carbons (Fsp3) is 0.571. The second kappa shape index (κ2) is 5.80. The fourth-order valence-corrected chi connectivity index (χ4v) is 2.83. The van der Waals surface area contributed by atoms with Crippen molar-refractivity contribution in [3.8, 4) is 0 Å². The molecule has 0 fully saturated rings. The van der Waals surface area contributed by atoms with Crippen molar-refractivity contribution in [3.63, 3.8) is 0 Å². The van der Waals surface area contributed by atoms with Gasteiger partial charge in [0.25, 0.3) is 0 Å². The normalized spacial score (nSPS) is 20.7. The Bertz CT molecular complexity index is 353. The van der Waals surface area contributed by atoms with Crippen molar-refractivity contribution in [1.29, 1.82) is 0 Å². The van der Waals surface area contributed by atoms with Gasteiger partial charge >= 0.3 is 0 Å². The summed E-state index contributed by atoms with van der Waals surface area (Å²) in [4.78, 5) is 0. The molecule has 0 radical (unpaired) electrons. The maximum Gasteiger partial charge on any atom is 0.0648 e.